The maximum Gasteiger partial charge on any atom is 0.0853 e. The molecule has 0 bridgehead atoms. The summed E-state index contributed by atoms with van der Waals surface area (Å²) >= 11 is 0. The van der Waals surface area contributed by atoms with Crippen LogP contribution in [0.4, 0.5) is 0 Å². The third kappa shape index (κ3) is 1.74. The Balaban J connectivity index is 2.12. The minimum absolute atomic E-state index is 0.301. The van der Waals surface area contributed by atoms with Gasteiger partial charge in [0.25, 0.3) is 0 Å². The molecule has 0 radical (unpaired) electrons. The Bertz CT molecular complexity index is 363. The Morgan fingerprint density at radius 1 is 1.40 bits per heavy atom. The molecule has 0 spiro atoms. The van der Waals surface area contributed by atoms with E-state index in [1.54, 1.807) is 7.11 Å². The van der Waals surface area contributed by atoms with Crippen molar-refractivity contribution < 1.29 is 4.84 Å². The van der Waals surface area contributed by atoms with Gasteiger partial charge in [0.05, 0.1) is 18.6 Å². The minimum Gasteiger partial charge on any atom is -0.305 e. The second-order valence-corrected chi connectivity index (χ2v) is 3.99. The number of rotatable bonds is 3. The van der Waals surface area contributed by atoms with Gasteiger partial charge in [-0.2, -0.15) is 10.7 Å². The molecule has 78 valence electrons. The summed E-state index contributed by atoms with van der Waals surface area (Å²) in [6.07, 6.45) is 1.64. The molecule has 0 atom stereocenters. The van der Waals surface area contributed by atoms with Gasteiger partial charge in [0.1, 0.15) is 0 Å². The summed E-state index contributed by atoms with van der Waals surface area (Å²) in [7, 11) is 1.61. The van der Waals surface area contributed by atoms with Crippen LogP contribution in [0.15, 0.2) is 30.3 Å². The first-order chi connectivity index (χ1) is 7.30. The van der Waals surface area contributed by atoms with Gasteiger partial charge in [-0.25, -0.2) is 0 Å². The fourth-order valence-corrected chi connectivity index (χ4v) is 2.18. The van der Waals surface area contributed by atoms with E-state index in [4.69, 9.17) is 4.84 Å². The summed E-state index contributed by atoms with van der Waals surface area (Å²) in [5.74, 6) is 0. The van der Waals surface area contributed by atoms with Crippen LogP contribution < -0.4 is 5.48 Å². The fraction of sp³-hybridized carbons (Fsp3) is 0.417. The lowest BCUT2D eigenvalue weighted by Gasteiger charge is -2.42. The molecule has 1 saturated carbocycles. The van der Waals surface area contributed by atoms with E-state index < -0.39 is 0 Å². The first-order valence-corrected chi connectivity index (χ1v) is 5.06. The van der Waals surface area contributed by atoms with Crippen LogP contribution in [-0.2, 0) is 10.3 Å². The highest BCUT2D eigenvalue weighted by Gasteiger charge is 2.46. The van der Waals surface area contributed by atoms with Crippen molar-refractivity contribution >= 4 is 0 Å². The van der Waals surface area contributed by atoms with E-state index in [1.807, 2.05) is 30.3 Å². The molecule has 1 aliphatic rings. The molecule has 0 aliphatic heterocycles. The van der Waals surface area contributed by atoms with Gasteiger partial charge < -0.3 is 4.84 Å². The van der Waals surface area contributed by atoms with Crippen LogP contribution in [0.5, 0.6) is 0 Å². The molecule has 15 heavy (non-hydrogen) atoms. The molecule has 1 N–H and O–H groups in total. The van der Waals surface area contributed by atoms with Crippen molar-refractivity contribution in [2.24, 2.45) is 0 Å². The topological polar surface area (TPSA) is 45.0 Å². The van der Waals surface area contributed by atoms with Crippen LogP contribution in [0.25, 0.3) is 0 Å². The Morgan fingerprint density at radius 2 is 2.07 bits per heavy atom. The van der Waals surface area contributed by atoms with Crippen molar-refractivity contribution in [2.45, 2.75) is 24.3 Å². The maximum absolute atomic E-state index is 9.26. The monoisotopic (exact) mass is 202 g/mol. The van der Waals surface area contributed by atoms with Crippen LogP contribution in [-0.4, -0.2) is 13.2 Å². The highest BCUT2D eigenvalue weighted by atomic mass is 16.6. The number of hydrogen-bond acceptors (Lipinski definition) is 3. The lowest BCUT2D eigenvalue weighted by atomic mass is 9.63. The van der Waals surface area contributed by atoms with Crippen molar-refractivity contribution in [1.82, 2.24) is 5.48 Å². The third-order valence-electron chi connectivity index (χ3n) is 3.01. The number of hydrogen-bond donors (Lipinski definition) is 1. The second kappa shape index (κ2) is 4.01. The van der Waals surface area contributed by atoms with Crippen molar-refractivity contribution in [3.63, 3.8) is 0 Å². The quantitative estimate of drug-likeness (QED) is 0.760. The van der Waals surface area contributed by atoms with Gasteiger partial charge in [0, 0.05) is 6.04 Å². The van der Waals surface area contributed by atoms with Gasteiger partial charge in [-0.15, -0.1) is 0 Å². The summed E-state index contributed by atoms with van der Waals surface area (Å²) in [4.78, 5) is 4.86. The highest BCUT2D eigenvalue weighted by molar-refractivity contribution is 5.36. The molecule has 0 heterocycles. The molecule has 0 aromatic heterocycles. The predicted octanol–water partition coefficient (Wildman–Crippen LogP) is 1.76. The normalized spacial score (nSPS) is 29.2. The zero-order chi connectivity index (χ0) is 10.7. The molecule has 1 aromatic carbocycles. The van der Waals surface area contributed by atoms with Crippen molar-refractivity contribution in [3.05, 3.63) is 35.9 Å². The smallest absolute Gasteiger partial charge is 0.0853 e. The summed E-state index contributed by atoms with van der Waals surface area (Å²) in [6.45, 7) is 0. The van der Waals surface area contributed by atoms with Gasteiger partial charge in [-0.1, -0.05) is 30.3 Å². The third-order valence-corrected chi connectivity index (χ3v) is 3.01. The molecular weight excluding hydrogens is 188 g/mol. The predicted molar refractivity (Wildman–Crippen MR) is 56.9 cm³/mol. The molecule has 1 fully saturated rings. The van der Waals surface area contributed by atoms with E-state index in [1.165, 1.54) is 0 Å². The van der Waals surface area contributed by atoms with E-state index in [0.29, 0.717) is 6.04 Å². The van der Waals surface area contributed by atoms with Crippen molar-refractivity contribution in [1.29, 1.82) is 5.26 Å². The van der Waals surface area contributed by atoms with E-state index in [-0.39, 0.29) is 5.41 Å². The number of hydroxylamine groups is 1. The van der Waals surface area contributed by atoms with Gasteiger partial charge in [0.15, 0.2) is 0 Å². The van der Waals surface area contributed by atoms with E-state index >= 15 is 0 Å². The van der Waals surface area contributed by atoms with Crippen LogP contribution >= 0.6 is 0 Å². The van der Waals surface area contributed by atoms with E-state index in [0.717, 1.165) is 18.4 Å². The minimum atomic E-state index is -0.308. The van der Waals surface area contributed by atoms with E-state index in [9.17, 15) is 5.26 Å². The maximum atomic E-state index is 9.26. The van der Waals surface area contributed by atoms with Crippen LogP contribution in [0.1, 0.15) is 18.4 Å². The summed E-state index contributed by atoms with van der Waals surface area (Å²) in [6, 6.07) is 12.7. The van der Waals surface area contributed by atoms with Crippen LogP contribution in [0.2, 0.25) is 0 Å². The molecule has 2 rings (SSSR count). The van der Waals surface area contributed by atoms with Crippen molar-refractivity contribution in [2.75, 3.05) is 7.11 Å². The lowest BCUT2D eigenvalue weighted by Crippen LogP contribution is -2.50. The van der Waals surface area contributed by atoms with Crippen LogP contribution in [0, 0.1) is 11.3 Å². The number of nitrogens with one attached hydrogen (secondary N) is 1. The van der Waals surface area contributed by atoms with Gasteiger partial charge >= 0.3 is 0 Å². The highest BCUT2D eigenvalue weighted by Crippen LogP contribution is 2.43. The Kier molecular flexibility index (Phi) is 2.72. The standard InChI is InChI=1S/C12H14N2O/c1-15-14-11-7-12(8-11,9-13)10-5-3-2-4-6-10/h2-6,11,14H,7-8H2,1H3. The lowest BCUT2D eigenvalue weighted by molar-refractivity contribution is 0.0160. The average Bonchev–Trinajstić information content (AvgIpc) is 2.24. The Labute approximate surface area is 89.6 Å². The average molecular weight is 202 g/mol. The summed E-state index contributed by atoms with van der Waals surface area (Å²) in [5, 5.41) is 9.26. The molecule has 0 unspecified atom stereocenters. The zero-order valence-corrected chi connectivity index (χ0v) is 8.73. The number of nitrogens with zero attached hydrogens (tertiary/aromatic N) is 1. The van der Waals surface area contributed by atoms with Gasteiger partial charge in [-0.05, 0) is 18.4 Å². The second-order valence-electron chi connectivity index (χ2n) is 3.99. The van der Waals surface area contributed by atoms with Gasteiger partial charge in [0.2, 0.25) is 0 Å². The molecule has 3 heteroatoms. The Hall–Kier alpha value is -1.37. The largest absolute Gasteiger partial charge is 0.305 e. The zero-order valence-electron chi connectivity index (χ0n) is 8.73. The molecule has 0 amide bonds. The van der Waals surface area contributed by atoms with E-state index in [2.05, 4.69) is 11.5 Å². The molecule has 0 saturated heterocycles. The summed E-state index contributed by atoms with van der Waals surface area (Å²) < 4.78 is 0. The first-order valence-electron chi connectivity index (χ1n) is 5.06. The summed E-state index contributed by atoms with van der Waals surface area (Å²) in [5.41, 5.74) is 3.69. The molecule has 1 aromatic rings. The first kappa shape index (κ1) is 10.2. The fourth-order valence-electron chi connectivity index (χ4n) is 2.18. The molecule has 1 aliphatic carbocycles. The number of benzene rings is 1. The van der Waals surface area contributed by atoms with Gasteiger partial charge in [-0.3, -0.25) is 0 Å². The Morgan fingerprint density at radius 3 is 2.60 bits per heavy atom. The van der Waals surface area contributed by atoms with Crippen molar-refractivity contribution in [3.8, 4) is 6.07 Å². The number of nitriles is 1. The van der Waals surface area contributed by atoms with Crippen LogP contribution in [0.3, 0.4) is 0 Å². The molecular formula is C12H14N2O. The SMILES string of the molecule is CONC1CC(C#N)(c2ccccc2)C1. The molecule has 3 nitrogen and oxygen atoms in total.